The van der Waals surface area contributed by atoms with Gasteiger partial charge in [-0.15, -0.1) is 0 Å². The molecule has 3 aromatic carbocycles. The molecule has 33 heavy (non-hydrogen) atoms. The number of benzene rings is 3. The summed E-state index contributed by atoms with van der Waals surface area (Å²) in [5, 5.41) is 8.48. The van der Waals surface area contributed by atoms with Crippen molar-refractivity contribution < 1.29 is 19.1 Å². The third-order valence-corrected chi connectivity index (χ3v) is 6.42. The van der Waals surface area contributed by atoms with Crippen molar-refractivity contribution in [3.05, 3.63) is 89.0 Å². The van der Waals surface area contributed by atoms with Crippen LogP contribution >= 0.6 is 11.8 Å². The van der Waals surface area contributed by atoms with Crippen LogP contribution in [0.2, 0.25) is 0 Å². The summed E-state index contributed by atoms with van der Waals surface area (Å²) in [6, 6.07) is 22.2. The number of hydrogen-bond acceptors (Lipinski definition) is 6. The lowest BCUT2D eigenvalue weighted by Crippen LogP contribution is -2.32. The van der Waals surface area contributed by atoms with Gasteiger partial charge in [0.25, 0.3) is 5.24 Å². The van der Waals surface area contributed by atoms with E-state index in [1.165, 1.54) is 4.90 Å². The van der Waals surface area contributed by atoms with Crippen LogP contribution in [0.25, 0.3) is 0 Å². The molecule has 1 aliphatic rings. The number of imide groups is 1. The Morgan fingerprint density at radius 2 is 1.79 bits per heavy atom. The number of rotatable bonds is 7. The second kappa shape index (κ2) is 9.80. The number of ether oxygens (including phenoxy) is 2. The maximum atomic E-state index is 12.9. The largest absolute Gasteiger partial charge is 0.493 e. The van der Waals surface area contributed by atoms with Gasteiger partial charge in [-0.3, -0.25) is 9.59 Å². The quantitative estimate of drug-likeness (QED) is 0.480. The first-order chi connectivity index (χ1) is 16.0. The Balaban J connectivity index is 1.47. The highest BCUT2D eigenvalue weighted by Crippen LogP contribution is 2.35. The summed E-state index contributed by atoms with van der Waals surface area (Å²) in [7, 11) is 1.55. The lowest BCUT2D eigenvalue weighted by molar-refractivity contribution is -0.117. The molecule has 6 nitrogen and oxygen atoms in total. The van der Waals surface area contributed by atoms with Gasteiger partial charge in [-0.2, -0.15) is 5.26 Å². The molecule has 1 heterocycles. The Hall–Kier alpha value is -3.76. The number of hydrogen-bond donors (Lipinski definition) is 0. The number of nitriles is 1. The zero-order chi connectivity index (χ0) is 23.4. The number of methoxy groups -OCH3 is 1. The van der Waals surface area contributed by atoms with Crippen molar-refractivity contribution >= 4 is 28.6 Å². The van der Waals surface area contributed by atoms with Crippen molar-refractivity contribution in [1.82, 2.24) is 0 Å². The summed E-state index contributed by atoms with van der Waals surface area (Å²) in [5.74, 6) is 0.845. The summed E-state index contributed by atoms with van der Waals surface area (Å²) in [6.45, 7) is 2.19. The molecule has 3 aromatic rings. The molecule has 0 aromatic heterocycles. The van der Waals surface area contributed by atoms with Gasteiger partial charge in [0.05, 0.1) is 29.7 Å². The van der Waals surface area contributed by atoms with E-state index in [1.807, 2.05) is 49.4 Å². The topological polar surface area (TPSA) is 79.6 Å². The van der Waals surface area contributed by atoms with E-state index in [0.717, 1.165) is 28.5 Å². The molecule has 0 N–H and O–H groups in total. The van der Waals surface area contributed by atoms with Crippen LogP contribution in [0.1, 0.15) is 22.3 Å². The monoisotopic (exact) mass is 458 g/mol. The molecule has 0 bridgehead atoms. The molecule has 7 heteroatoms. The van der Waals surface area contributed by atoms with Crippen LogP contribution in [0.5, 0.6) is 11.5 Å². The first-order valence-electron chi connectivity index (χ1n) is 10.4. The number of thioether (sulfide) groups is 1. The number of carbonyl (C=O) groups excluding carboxylic acids is 2. The molecule has 1 atom stereocenters. The van der Waals surface area contributed by atoms with Crippen molar-refractivity contribution in [2.45, 2.75) is 25.2 Å². The van der Waals surface area contributed by atoms with E-state index in [0.29, 0.717) is 29.2 Å². The summed E-state index contributed by atoms with van der Waals surface area (Å²) in [5.41, 5.74) is 3.86. The molecule has 166 valence electrons. The van der Waals surface area contributed by atoms with Crippen molar-refractivity contribution in [3.63, 3.8) is 0 Å². The normalized spacial score (nSPS) is 15.4. The van der Waals surface area contributed by atoms with Crippen LogP contribution < -0.4 is 14.4 Å². The number of carbonyl (C=O) groups is 2. The molecule has 0 saturated carbocycles. The van der Waals surface area contributed by atoms with Gasteiger partial charge in [0.2, 0.25) is 5.91 Å². The van der Waals surface area contributed by atoms with Crippen LogP contribution in [0, 0.1) is 18.3 Å². The second-order valence-electron chi connectivity index (χ2n) is 7.63. The van der Waals surface area contributed by atoms with Gasteiger partial charge in [0, 0.05) is 5.56 Å². The lowest BCUT2D eigenvalue weighted by atomic mass is 10.1. The predicted octanol–water partition coefficient (Wildman–Crippen LogP) is 5.27. The highest BCUT2D eigenvalue weighted by molar-refractivity contribution is 8.15. The molecule has 0 aliphatic carbocycles. The van der Waals surface area contributed by atoms with Crippen LogP contribution in [-0.2, 0) is 17.8 Å². The van der Waals surface area contributed by atoms with Gasteiger partial charge in [-0.25, -0.2) is 4.90 Å². The van der Waals surface area contributed by atoms with E-state index >= 15 is 0 Å². The van der Waals surface area contributed by atoms with Crippen LogP contribution in [0.15, 0.2) is 66.7 Å². The Bertz CT molecular complexity index is 1230. The Labute approximate surface area is 196 Å². The number of aryl methyl sites for hydroxylation is 1. The van der Waals surface area contributed by atoms with Gasteiger partial charge in [-0.05, 0) is 49.2 Å². The Morgan fingerprint density at radius 3 is 2.52 bits per heavy atom. The van der Waals surface area contributed by atoms with Gasteiger partial charge in [-0.1, -0.05) is 53.7 Å². The van der Waals surface area contributed by atoms with Crippen molar-refractivity contribution in [2.24, 2.45) is 0 Å². The van der Waals surface area contributed by atoms with Gasteiger partial charge in [0.15, 0.2) is 11.5 Å². The van der Waals surface area contributed by atoms with Gasteiger partial charge >= 0.3 is 0 Å². The molecule has 1 saturated heterocycles. The molecule has 1 aliphatic heterocycles. The van der Waals surface area contributed by atoms with E-state index in [-0.39, 0.29) is 17.8 Å². The fraction of sp³-hybridized carbons (Fsp3) is 0.192. The minimum absolute atomic E-state index is 0.221. The molecule has 0 unspecified atom stereocenters. The summed E-state index contributed by atoms with van der Waals surface area (Å²) < 4.78 is 11.4. The lowest BCUT2D eigenvalue weighted by Gasteiger charge is -2.15. The summed E-state index contributed by atoms with van der Waals surface area (Å²) >= 11 is 1.04. The average Bonchev–Trinajstić information content (AvgIpc) is 3.11. The predicted molar refractivity (Wildman–Crippen MR) is 128 cm³/mol. The highest BCUT2D eigenvalue weighted by atomic mass is 32.2. The zero-order valence-corrected chi connectivity index (χ0v) is 19.1. The Morgan fingerprint density at radius 1 is 1.03 bits per heavy atom. The molecule has 0 radical (unpaired) electrons. The molecular weight excluding hydrogens is 436 g/mol. The second-order valence-corrected chi connectivity index (χ2v) is 8.78. The van der Waals surface area contributed by atoms with Crippen LogP contribution in [-0.4, -0.2) is 23.5 Å². The fourth-order valence-electron chi connectivity index (χ4n) is 3.60. The number of anilines is 1. The molecular formula is C26H22N2O4S. The first kappa shape index (κ1) is 22.4. The summed E-state index contributed by atoms with van der Waals surface area (Å²) in [4.78, 5) is 26.7. The molecule has 4 rings (SSSR count). The van der Waals surface area contributed by atoms with Crippen LogP contribution in [0.4, 0.5) is 10.5 Å². The minimum Gasteiger partial charge on any atom is -0.493 e. The molecule has 0 spiro atoms. The van der Waals surface area contributed by atoms with Crippen LogP contribution in [0.3, 0.4) is 0 Å². The standard InChI is InChI=1S/C26H22N2O4S/c1-17-7-10-21(11-8-17)28-25(29)24(33-26(28)30)14-18-9-12-22(23(13-18)31-2)32-16-20-6-4-3-5-19(20)15-27/h3-13,24H,14,16H2,1-2H3/t24-/m1/s1. The van der Waals surface area contributed by atoms with E-state index in [1.54, 1.807) is 31.4 Å². The van der Waals surface area contributed by atoms with Gasteiger partial charge < -0.3 is 9.47 Å². The average molecular weight is 459 g/mol. The van der Waals surface area contributed by atoms with E-state index in [2.05, 4.69) is 6.07 Å². The van der Waals surface area contributed by atoms with Crippen molar-refractivity contribution in [3.8, 4) is 17.6 Å². The fourth-order valence-corrected chi connectivity index (χ4v) is 4.62. The van der Waals surface area contributed by atoms with Crippen molar-refractivity contribution in [2.75, 3.05) is 12.0 Å². The maximum Gasteiger partial charge on any atom is 0.293 e. The van der Waals surface area contributed by atoms with E-state index < -0.39 is 5.25 Å². The first-order valence-corrected chi connectivity index (χ1v) is 11.3. The maximum absolute atomic E-state index is 12.9. The van der Waals surface area contributed by atoms with Gasteiger partial charge in [0.1, 0.15) is 6.61 Å². The van der Waals surface area contributed by atoms with E-state index in [9.17, 15) is 14.9 Å². The molecule has 2 amide bonds. The smallest absolute Gasteiger partial charge is 0.293 e. The SMILES string of the molecule is COc1cc(C[C@H]2SC(=O)N(c3ccc(C)cc3)C2=O)ccc1OCc1ccccc1C#N. The third-order valence-electron chi connectivity index (χ3n) is 5.38. The van der Waals surface area contributed by atoms with Crippen molar-refractivity contribution in [1.29, 1.82) is 5.26 Å². The Kier molecular flexibility index (Phi) is 6.66. The summed E-state index contributed by atoms with van der Waals surface area (Å²) in [6.07, 6.45) is 0.394. The number of amides is 2. The highest BCUT2D eigenvalue weighted by Gasteiger charge is 2.40. The zero-order valence-electron chi connectivity index (χ0n) is 18.3. The minimum atomic E-state index is -0.502. The number of nitrogens with zero attached hydrogens (tertiary/aromatic N) is 2. The van der Waals surface area contributed by atoms with E-state index in [4.69, 9.17) is 9.47 Å². The third kappa shape index (κ3) is 4.86. The molecule has 1 fully saturated rings.